The van der Waals surface area contributed by atoms with Crippen molar-refractivity contribution in [3.63, 3.8) is 0 Å². The van der Waals surface area contributed by atoms with Gasteiger partial charge < -0.3 is 10.2 Å². The van der Waals surface area contributed by atoms with Gasteiger partial charge in [0.1, 0.15) is 11.5 Å². The van der Waals surface area contributed by atoms with E-state index >= 15 is 0 Å². The Morgan fingerprint density at radius 1 is 0.327 bits per heavy atom. The molecule has 8 aromatic rings. The van der Waals surface area contributed by atoms with Gasteiger partial charge in [0.2, 0.25) is 0 Å². The molecule has 0 fully saturated rings. The lowest BCUT2D eigenvalue weighted by Gasteiger charge is -2.38. The van der Waals surface area contributed by atoms with Crippen LogP contribution in [-0.4, -0.2) is 10.2 Å². The highest BCUT2D eigenvalue weighted by atomic mass is 16.3. The van der Waals surface area contributed by atoms with Crippen molar-refractivity contribution in [1.82, 2.24) is 0 Å². The third-order valence-electron chi connectivity index (χ3n) is 10.5. The second-order valence-electron chi connectivity index (χ2n) is 13.5. The standard InChI is InChI=1S/C28H24O.C25H20O/c1-2-13-25-26(20-12-21-27(25)29)28(22-14-6-3-7-15-22,23-16-8-4-9-17-23)24-18-10-5-11-19-24;26-24-19-11-10-18-23(24)25(20-12-4-1-5-13-20,21-14-6-2-7-15-21)22-16-8-3-9-17-22/h2-12,14-21,29H,1,13H2;1-19,26H. The summed E-state index contributed by atoms with van der Waals surface area (Å²) in [6.45, 7) is 3.93. The molecular weight excluding hydrogens is 669 g/mol. The summed E-state index contributed by atoms with van der Waals surface area (Å²) >= 11 is 0. The van der Waals surface area contributed by atoms with E-state index in [1.54, 1.807) is 12.1 Å². The highest BCUT2D eigenvalue weighted by Crippen LogP contribution is 2.49. The van der Waals surface area contributed by atoms with E-state index in [-0.39, 0.29) is 0 Å². The van der Waals surface area contributed by atoms with Crippen LogP contribution < -0.4 is 0 Å². The van der Waals surface area contributed by atoms with Gasteiger partial charge >= 0.3 is 0 Å². The second kappa shape index (κ2) is 16.8. The number of rotatable bonds is 10. The first kappa shape index (κ1) is 36.5. The van der Waals surface area contributed by atoms with Gasteiger partial charge in [-0.25, -0.2) is 0 Å². The van der Waals surface area contributed by atoms with E-state index in [1.165, 1.54) is 0 Å². The van der Waals surface area contributed by atoms with E-state index in [2.05, 4.69) is 158 Å². The maximum atomic E-state index is 10.8. The minimum atomic E-state index is -0.588. The molecule has 0 aliphatic heterocycles. The van der Waals surface area contributed by atoms with Gasteiger partial charge in [-0.2, -0.15) is 0 Å². The molecule has 2 heteroatoms. The average Bonchev–Trinajstić information content (AvgIpc) is 3.26. The van der Waals surface area contributed by atoms with Gasteiger partial charge in [0.15, 0.2) is 0 Å². The second-order valence-corrected chi connectivity index (χ2v) is 13.5. The number of benzene rings is 8. The number of aromatic hydroxyl groups is 2. The van der Waals surface area contributed by atoms with Crippen LogP contribution in [0.4, 0.5) is 0 Å². The third-order valence-corrected chi connectivity index (χ3v) is 10.5. The molecule has 2 N–H and O–H groups in total. The molecule has 268 valence electrons. The molecule has 8 aromatic carbocycles. The number of hydrogen-bond donors (Lipinski definition) is 2. The van der Waals surface area contributed by atoms with Crippen LogP contribution in [0.5, 0.6) is 11.5 Å². The molecule has 8 rings (SSSR count). The third kappa shape index (κ3) is 6.99. The lowest BCUT2D eigenvalue weighted by atomic mass is 9.63. The van der Waals surface area contributed by atoms with Gasteiger partial charge in [0, 0.05) is 11.1 Å². The Morgan fingerprint density at radius 2 is 0.600 bits per heavy atom. The molecule has 0 aromatic heterocycles. The van der Waals surface area contributed by atoms with Gasteiger partial charge in [-0.3, -0.25) is 0 Å². The number of hydrogen-bond acceptors (Lipinski definition) is 2. The minimum absolute atomic E-state index is 0.295. The lowest BCUT2D eigenvalue weighted by molar-refractivity contribution is 0.460. The molecule has 0 radical (unpaired) electrons. The topological polar surface area (TPSA) is 40.5 Å². The molecule has 0 unspecified atom stereocenters. The van der Waals surface area contributed by atoms with Crippen LogP contribution in [0.25, 0.3) is 0 Å². The fourth-order valence-electron chi connectivity index (χ4n) is 8.14. The maximum Gasteiger partial charge on any atom is 0.120 e. The Bertz CT molecular complexity index is 2220. The molecule has 0 spiro atoms. The van der Waals surface area contributed by atoms with Gasteiger partial charge in [0.25, 0.3) is 0 Å². The molecule has 0 saturated heterocycles. The zero-order valence-electron chi connectivity index (χ0n) is 30.7. The number of allylic oxidation sites excluding steroid dienone is 1. The fourth-order valence-corrected chi connectivity index (χ4v) is 8.14. The van der Waals surface area contributed by atoms with E-state index in [4.69, 9.17) is 0 Å². The van der Waals surface area contributed by atoms with Gasteiger partial charge in [-0.15, -0.1) is 6.58 Å². The smallest absolute Gasteiger partial charge is 0.120 e. The van der Waals surface area contributed by atoms with Crippen LogP contribution in [0.1, 0.15) is 50.1 Å². The Morgan fingerprint density at radius 3 is 0.927 bits per heavy atom. The first-order valence-corrected chi connectivity index (χ1v) is 18.7. The van der Waals surface area contributed by atoms with Crippen molar-refractivity contribution >= 4 is 0 Å². The van der Waals surface area contributed by atoms with Gasteiger partial charge in [-0.1, -0.05) is 218 Å². The molecule has 0 aliphatic carbocycles. The number of phenolic OH excluding ortho intramolecular Hbond substituents is 2. The van der Waals surface area contributed by atoms with Crippen LogP contribution in [-0.2, 0) is 17.3 Å². The van der Waals surface area contributed by atoms with Crippen molar-refractivity contribution in [1.29, 1.82) is 0 Å². The fraction of sp³-hybridized carbons (Fsp3) is 0.0566. The monoisotopic (exact) mass is 712 g/mol. The first-order valence-electron chi connectivity index (χ1n) is 18.7. The zero-order valence-corrected chi connectivity index (χ0v) is 30.7. The predicted octanol–water partition coefficient (Wildman–Crippen LogP) is 12.3. The molecule has 0 saturated carbocycles. The molecule has 0 amide bonds. The summed E-state index contributed by atoms with van der Waals surface area (Å²) in [5.74, 6) is 0.596. The Labute approximate surface area is 325 Å². The number of phenols is 2. The minimum Gasteiger partial charge on any atom is -0.508 e. The van der Waals surface area contributed by atoms with E-state index in [0.717, 1.165) is 50.1 Å². The van der Waals surface area contributed by atoms with Gasteiger partial charge in [-0.05, 0) is 57.5 Å². The Hall–Kier alpha value is -6.90. The largest absolute Gasteiger partial charge is 0.508 e. The summed E-state index contributed by atoms with van der Waals surface area (Å²) in [5, 5.41) is 21.6. The van der Waals surface area contributed by atoms with E-state index in [9.17, 15) is 10.2 Å². The van der Waals surface area contributed by atoms with Crippen molar-refractivity contribution in [2.75, 3.05) is 0 Å². The first-order chi connectivity index (χ1) is 27.1. The quantitative estimate of drug-likeness (QED) is 0.109. The Kier molecular flexibility index (Phi) is 11.2. The van der Waals surface area contributed by atoms with Crippen molar-refractivity contribution in [2.24, 2.45) is 0 Å². The molecule has 55 heavy (non-hydrogen) atoms. The van der Waals surface area contributed by atoms with Crippen LogP contribution in [0, 0.1) is 0 Å². The van der Waals surface area contributed by atoms with Crippen LogP contribution >= 0.6 is 0 Å². The summed E-state index contributed by atoms with van der Waals surface area (Å²) in [5.41, 5.74) is 8.56. The predicted molar refractivity (Wildman–Crippen MR) is 227 cm³/mol. The van der Waals surface area contributed by atoms with E-state index in [0.29, 0.717) is 17.9 Å². The molecule has 0 atom stereocenters. The lowest BCUT2D eigenvalue weighted by Crippen LogP contribution is -2.32. The maximum absolute atomic E-state index is 10.8. The van der Waals surface area contributed by atoms with Gasteiger partial charge in [0.05, 0.1) is 10.8 Å². The number of para-hydroxylation sites is 1. The average molecular weight is 713 g/mol. The summed E-state index contributed by atoms with van der Waals surface area (Å²) < 4.78 is 0. The molecule has 0 aliphatic rings. The molecule has 2 nitrogen and oxygen atoms in total. The Balaban J connectivity index is 0.000000170. The highest BCUT2D eigenvalue weighted by Gasteiger charge is 2.41. The van der Waals surface area contributed by atoms with Crippen LogP contribution in [0.3, 0.4) is 0 Å². The molecular formula is C53H44O2. The van der Waals surface area contributed by atoms with Crippen LogP contribution in [0.2, 0.25) is 0 Å². The summed E-state index contributed by atoms with van der Waals surface area (Å²) in [6.07, 6.45) is 2.44. The normalized spacial score (nSPS) is 11.2. The van der Waals surface area contributed by atoms with Crippen LogP contribution in [0.15, 0.2) is 237 Å². The molecule has 0 heterocycles. The SMILES string of the molecule is C=CCc1c(O)cccc1C(c1ccccc1)(c1ccccc1)c1ccccc1.Oc1ccccc1C(c1ccccc1)(c1ccccc1)c1ccccc1. The summed E-state index contributed by atoms with van der Waals surface area (Å²) in [4.78, 5) is 0. The van der Waals surface area contributed by atoms with E-state index < -0.39 is 10.8 Å². The highest BCUT2D eigenvalue weighted by molar-refractivity contribution is 5.64. The van der Waals surface area contributed by atoms with Crippen molar-refractivity contribution < 1.29 is 10.2 Å². The molecule has 0 bridgehead atoms. The van der Waals surface area contributed by atoms with Crippen molar-refractivity contribution in [3.8, 4) is 11.5 Å². The summed E-state index contributed by atoms with van der Waals surface area (Å²) in [7, 11) is 0. The van der Waals surface area contributed by atoms with Crippen molar-refractivity contribution in [2.45, 2.75) is 17.3 Å². The van der Waals surface area contributed by atoms with Crippen molar-refractivity contribution in [3.05, 3.63) is 287 Å². The van der Waals surface area contributed by atoms with E-state index in [1.807, 2.05) is 66.7 Å². The summed E-state index contributed by atoms with van der Waals surface area (Å²) in [6, 6.07) is 76.2. The zero-order chi connectivity index (χ0) is 37.9.